The lowest BCUT2D eigenvalue weighted by molar-refractivity contribution is -0.149. The van der Waals surface area contributed by atoms with Gasteiger partial charge in [-0.3, -0.25) is 4.79 Å². The molecule has 1 saturated carbocycles. The van der Waals surface area contributed by atoms with Crippen LogP contribution in [0, 0.1) is 0 Å². The molecule has 0 saturated heterocycles. The average molecular weight is 237 g/mol. The van der Waals surface area contributed by atoms with Crippen LogP contribution in [0.15, 0.2) is 17.3 Å². The molecule has 1 rings (SSSR count). The zero-order chi connectivity index (χ0) is 12.6. The SMILES string of the molecule is C/C=C/CCCCC1(OC(=O)CN=[N+]=[N-])CC1. The van der Waals surface area contributed by atoms with E-state index in [0.717, 1.165) is 38.5 Å². The predicted molar refractivity (Wildman–Crippen MR) is 65.4 cm³/mol. The Balaban J connectivity index is 2.18. The molecule has 1 fully saturated rings. The Labute approximate surface area is 101 Å². The summed E-state index contributed by atoms with van der Waals surface area (Å²) in [5.74, 6) is -0.409. The summed E-state index contributed by atoms with van der Waals surface area (Å²) in [6, 6.07) is 0. The minimum Gasteiger partial charge on any atom is -0.459 e. The van der Waals surface area contributed by atoms with E-state index < -0.39 is 5.97 Å². The summed E-state index contributed by atoms with van der Waals surface area (Å²) < 4.78 is 5.34. The molecule has 0 N–H and O–H groups in total. The van der Waals surface area contributed by atoms with E-state index in [-0.39, 0.29) is 12.1 Å². The van der Waals surface area contributed by atoms with Gasteiger partial charge in [-0.1, -0.05) is 17.3 Å². The van der Waals surface area contributed by atoms with Gasteiger partial charge in [-0.15, -0.1) is 0 Å². The third-order valence-electron chi connectivity index (χ3n) is 2.89. The van der Waals surface area contributed by atoms with Crippen LogP contribution in [0.2, 0.25) is 0 Å². The Morgan fingerprint density at radius 2 is 2.29 bits per heavy atom. The standard InChI is InChI=1S/C12H19N3O2/c1-2-3-4-5-6-7-12(8-9-12)17-11(16)10-14-15-13/h2-3H,4-10H2,1H3/b3-2+. The largest absolute Gasteiger partial charge is 0.459 e. The Morgan fingerprint density at radius 3 is 2.88 bits per heavy atom. The Hall–Kier alpha value is -1.48. The minimum atomic E-state index is -0.409. The lowest BCUT2D eigenvalue weighted by atomic mass is 10.1. The first-order valence-electron chi connectivity index (χ1n) is 6.06. The van der Waals surface area contributed by atoms with Crippen molar-refractivity contribution in [1.29, 1.82) is 0 Å². The van der Waals surface area contributed by atoms with Gasteiger partial charge in [-0.05, 0) is 51.0 Å². The van der Waals surface area contributed by atoms with E-state index in [2.05, 4.69) is 16.1 Å². The molecule has 17 heavy (non-hydrogen) atoms. The van der Waals surface area contributed by atoms with Crippen LogP contribution in [-0.4, -0.2) is 18.1 Å². The number of nitrogens with zero attached hydrogens (tertiary/aromatic N) is 3. The first kappa shape index (κ1) is 13.6. The molecular weight excluding hydrogens is 218 g/mol. The zero-order valence-electron chi connectivity index (χ0n) is 10.3. The molecule has 0 unspecified atom stereocenters. The van der Waals surface area contributed by atoms with E-state index in [0.29, 0.717) is 0 Å². The van der Waals surface area contributed by atoms with Gasteiger partial charge in [0.2, 0.25) is 0 Å². The number of ether oxygens (including phenoxy) is 1. The molecule has 1 aliphatic rings. The normalized spacial score (nSPS) is 16.5. The highest BCUT2D eigenvalue weighted by Gasteiger charge is 2.45. The van der Waals surface area contributed by atoms with Gasteiger partial charge in [0.25, 0.3) is 0 Å². The van der Waals surface area contributed by atoms with Crippen molar-refractivity contribution in [3.8, 4) is 0 Å². The Kier molecular flexibility index (Phi) is 5.57. The van der Waals surface area contributed by atoms with Crippen molar-refractivity contribution in [2.45, 2.75) is 51.0 Å². The summed E-state index contributed by atoms with van der Waals surface area (Å²) >= 11 is 0. The Bertz CT molecular complexity index is 329. The van der Waals surface area contributed by atoms with Crippen LogP contribution < -0.4 is 0 Å². The fourth-order valence-corrected chi connectivity index (χ4v) is 1.78. The van der Waals surface area contributed by atoms with Crippen molar-refractivity contribution >= 4 is 5.97 Å². The molecule has 1 aliphatic carbocycles. The highest BCUT2D eigenvalue weighted by Crippen LogP contribution is 2.44. The van der Waals surface area contributed by atoms with Gasteiger partial charge in [0.05, 0.1) is 0 Å². The van der Waals surface area contributed by atoms with E-state index in [4.69, 9.17) is 10.3 Å². The summed E-state index contributed by atoms with van der Waals surface area (Å²) in [5.41, 5.74) is 7.86. The van der Waals surface area contributed by atoms with Gasteiger partial charge < -0.3 is 4.74 Å². The van der Waals surface area contributed by atoms with E-state index in [1.165, 1.54) is 0 Å². The van der Waals surface area contributed by atoms with Gasteiger partial charge in [-0.2, -0.15) is 0 Å². The molecule has 0 aliphatic heterocycles. The summed E-state index contributed by atoms with van der Waals surface area (Å²) in [4.78, 5) is 13.8. The van der Waals surface area contributed by atoms with Crippen LogP contribution in [0.25, 0.3) is 10.4 Å². The molecule has 0 bridgehead atoms. The van der Waals surface area contributed by atoms with Gasteiger partial charge in [-0.25, -0.2) is 0 Å². The number of carbonyl (C=O) groups excluding carboxylic acids is 1. The first-order chi connectivity index (χ1) is 8.22. The molecule has 0 aromatic rings. The van der Waals surface area contributed by atoms with Crippen molar-refractivity contribution in [1.82, 2.24) is 0 Å². The molecule has 94 valence electrons. The summed E-state index contributed by atoms with van der Waals surface area (Å²) in [6.07, 6.45) is 10.3. The molecule has 0 radical (unpaired) electrons. The lowest BCUT2D eigenvalue weighted by Crippen LogP contribution is -2.21. The van der Waals surface area contributed by atoms with E-state index in [1.54, 1.807) is 0 Å². The van der Waals surface area contributed by atoms with Crippen molar-refractivity contribution in [3.63, 3.8) is 0 Å². The minimum absolute atomic E-state index is 0.198. The molecule has 5 nitrogen and oxygen atoms in total. The van der Waals surface area contributed by atoms with Gasteiger partial charge in [0.15, 0.2) is 0 Å². The lowest BCUT2D eigenvalue weighted by Gasteiger charge is -2.15. The second-order valence-electron chi connectivity index (χ2n) is 4.36. The summed E-state index contributed by atoms with van der Waals surface area (Å²) in [7, 11) is 0. The average Bonchev–Trinajstić information content (AvgIpc) is 3.06. The number of azide groups is 1. The van der Waals surface area contributed by atoms with Crippen LogP contribution in [0.1, 0.15) is 45.4 Å². The molecule has 0 aromatic carbocycles. The van der Waals surface area contributed by atoms with Crippen LogP contribution in [0.4, 0.5) is 0 Å². The maximum atomic E-state index is 11.3. The van der Waals surface area contributed by atoms with E-state index in [1.807, 2.05) is 13.0 Å². The monoisotopic (exact) mass is 237 g/mol. The number of hydrogen-bond donors (Lipinski definition) is 0. The van der Waals surface area contributed by atoms with Gasteiger partial charge in [0.1, 0.15) is 12.1 Å². The molecule has 5 heteroatoms. The van der Waals surface area contributed by atoms with E-state index in [9.17, 15) is 4.79 Å². The zero-order valence-corrected chi connectivity index (χ0v) is 10.3. The third-order valence-corrected chi connectivity index (χ3v) is 2.89. The summed E-state index contributed by atoms with van der Waals surface area (Å²) in [6.45, 7) is 1.82. The van der Waals surface area contributed by atoms with Gasteiger partial charge in [0, 0.05) is 4.91 Å². The molecule has 0 atom stereocenters. The van der Waals surface area contributed by atoms with Crippen molar-refractivity contribution in [2.24, 2.45) is 5.11 Å². The molecule has 0 amide bonds. The Morgan fingerprint density at radius 1 is 1.53 bits per heavy atom. The number of carbonyl (C=O) groups is 1. The van der Waals surface area contributed by atoms with Crippen LogP contribution >= 0.6 is 0 Å². The second kappa shape index (κ2) is 6.97. The van der Waals surface area contributed by atoms with E-state index >= 15 is 0 Å². The maximum absolute atomic E-state index is 11.3. The third kappa shape index (κ3) is 5.41. The smallest absolute Gasteiger partial charge is 0.312 e. The topological polar surface area (TPSA) is 75.1 Å². The van der Waals surface area contributed by atoms with Crippen LogP contribution in [-0.2, 0) is 9.53 Å². The van der Waals surface area contributed by atoms with Crippen molar-refractivity contribution in [3.05, 3.63) is 22.6 Å². The number of rotatable bonds is 8. The van der Waals surface area contributed by atoms with Crippen molar-refractivity contribution < 1.29 is 9.53 Å². The number of allylic oxidation sites excluding steroid dienone is 2. The van der Waals surface area contributed by atoms with Crippen LogP contribution in [0.5, 0.6) is 0 Å². The maximum Gasteiger partial charge on any atom is 0.312 e. The highest BCUT2D eigenvalue weighted by molar-refractivity contribution is 5.72. The molecule has 0 spiro atoms. The fraction of sp³-hybridized carbons (Fsp3) is 0.750. The fourth-order valence-electron chi connectivity index (χ4n) is 1.78. The quantitative estimate of drug-likeness (QED) is 0.162. The molecule has 0 heterocycles. The highest BCUT2D eigenvalue weighted by atomic mass is 16.6. The van der Waals surface area contributed by atoms with Gasteiger partial charge >= 0.3 is 5.97 Å². The first-order valence-corrected chi connectivity index (χ1v) is 6.06. The summed E-state index contributed by atoms with van der Waals surface area (Å²) in [5, 5.41) is 3.20. The van der Waals surface area contributed by atoms with Crippen LogP contribution in [0.3, 0.4) is 0 Å². The molecular formula is C12H19N3O2. The number of unbranched alkanes of at least 4 members (excludes halogenated alkanes) is 2. The number of hydrogen-bond acceptors (Lipinski definition) is 3. The van der Waals surface area contributed by atoms with Crippen molar-refractivity contribution in [2.75, 3.05) is 6.54 Å². The molecule has 0 aromatic heterocycles. The second-order valence-corrected chi connectivity index (χ2v) is 4.36. The predicted octanol–water partition coefficient (Wildman–Crippen LogP) is 3.51. The number of esters is 1.